The van der Waals surface area contributed by atoms with Crippen LogP contribution in [0.15, 0.2) is 30.3 Å². The summed E-state index contributed by atoms with van der Waals surface area (Å²) in [7, 11) is 0. The molecule has 1 N–H and O–H groups in total. The van der Waals surface area contributed by atoms with Crippen molar-refractivity contribution < 1.29 is 9.84 Å². The minimum atomic E-state index is -0.0344. The number of aliphatic hydroxyl groups is 1. The largest absolute Gasteiger partial charge is 0.390 e. The van der Waals surface area contributed by atoms with Crippen LogP contribution in [-0.2, 0) is 11.3 Å². The first kappa shape index (κ1) is 13.3. The van der Waals surface area contributed by atoms with Crippen LogP contribution in [0.5, 0.6) is 0 Å². The molecular weight excluding hydrogens is 252 g/mol. The van der Waals surface area contributed by atoms with Crippen LogP contribution in [0, 0.1) is 0 Å². The third-order valence-corrected chi connectivity index (χ3v) is 3.67. The zero-order valence-electron chi connectivity index (χ0n) is 11.9. The van der Waals surface area contributed by atoms with Gasteiger partial charge in [-0.05, 0) is 26.0 Å². The first-order chi connectivity index (χ1) is 9.67. The Morgan fingerprint density at radius 2 is 1.95 bits per heavy atom. The van der Waals surface area contributed by atoms with E-state index in [1.165, 1.54) is 0 Å². The fraction of sp³-hybridized carbons (Fsp3) is 0.438. The van der Waals surface area contributed by atoms with Crippen LogP contribution in [0.2, 0.25) is 0 Å². The van der Waals surface area contributed by atoms with E-state index in [-0.39, 0.29) is 18.8 Å². The topological polar surface area (TPSA) is 45.6 Å². The maximum absolute atomic E-state index is 9.42. The average molecular weight is 272 g/mol. The van der Waals surface area contributed by atoms with Crippen LogP contribution in [0.3, 0.4) is 0 Å². The molecule has 1 aromatic carbocycles. The molecule has 20 heavy (non-hydrogen) atoms. The van der Waals surface area contributed by atoms with Crippen molar-refractivity contribution in [2.24, 2.45) is 0 Å². The van der Waals surface area contributed by atoms with E-state index in [0.717, 1.165) is 29.7 Å². The van der Waals surface area contributed by atoms with Crippen LogP contribution in [0.4, 0.5) is 5.69 Å². The number of morpholine rings is 1. The molecule has 0 aliphatic carbocycles. The van der Waals surface area contributed by atoms with Crippen molar-refractivity contribution in [1.82, 2.24) is 4.98 Å². The van der Waals surface area contributed by atoms with Crippen molar-refractivity contribution in [3.63, 3.8) is 0 Å². The van der Waals surface area contributed by atoms with Crippen molar-refractivity contribution in [1.29, 1.82) is 0 Å². The van der Waals surface area contributed by atoms with Gasteiger partial charge in [0.1, 0.15) is 0 Å². The number of nitrogens with zero attached hydrogens (tertiary/aromatic N) is 2. The Hall–Kier alpha value is -1.65. The lowest BCUT2D eigenvalue weighted by Crippen LogP contribution is -2.45. The molecule has 1 saturated heterocycles. The number of para-hydroxylation sites is 1. The molecule has 4 nitrogen and oxygen atoms in total. The first-order valence-corrected chi connectivity index (χ1v) is 7.07. The lowest BCUT2D eigenvalue weighted by atomic mass is 10.1. The van der Waals surface area contributed by atoms with Crippen LogP contribution < -0.4 is 4.90 Å². The molecule has 106 valence electrons. The molecule has 0 unspecified atom stereocenters. The molecule has 0 radical (unpaired) electrons. The van der Waals surface area contributed by atoms with Crippen molar-refractivity contribution in [3.8, 4) is 0 Å². The Morgan fingerprint density at radius 3 is 2.65 bits per heavy atom. The summed E-state index contributed by atoms with van der Waals surface area (Å²) in [5.41, 5.74) is 2.79. The Kier molecular flexibility index (Phi) is 3.59. The third kappa shape index (κ3) is 2.49. The summed E-state index contributed by atoms with van der Waals surface area (Å²) in [6.07, 6.45) is 0.423. The van der Waals surface area contributed by atoms with Crippen molar-refractivity contribution in [2.45, 2.75) is 32.7 Å². The number of fused-ring (bicyclic) bond motifs is 1. The Bertz CT molecular complexity index is 604. The summed E-state index contributed by atoms with van der Waals surface area (Å²) in [4.78, 5) is 6.81. The number of benzene rings is 1. The van der Waals surface area contributed by atoms with Gasteiger partial charge >= 0.3 is 0 Å². The molecule has 1 aliphatic heterocycles. The predicted octanol–water partition coefficient (Wildman–Crippen LogP) is 2.34. The Labute approximate surface area is 119 Å². The number of hydrogen-bond acceptors (Lipinski definition) is 4. The van der Waals surface area contributed by atoms with Gasteiger partial charge in [0.2, 0.25) is 0 Å². The van der Waals surface area contributed by atoms with E-state index in [1.54, 1.807) is 0 Å². The molecule has 1 fully saturated rings. The molecule has 4 heteroatoms. The standard InChI is InChI=1S/C16H20N2O2/c1-11-8-18(9-12(2)20-11)16-7-13(10-19)17-15-6-4-3-5-14(15)16/h3-7,11-12,19H,8-10H2,1-2H3/t11-,12+. The molecule has 1 aromatic heterocycles. The predicted molar refractivity (Wildman–Crippen MR) is 79.9 cm³/mol. The van der Waals surface area contributed by atoms with Gasteiger partial charge in [0.05, 0.1) is 30.0 Å². The van der Waals surface area contributed by atoms with Gasteiger partial charge in [-0.3, -0.25) is 4.98 Å². The summed E-state index contributed by atoms with van der Waals surface area (Å²) < 4.78 is 5.80. The van der Waals surface area contributed by atoms with Gasteiger partial charge in [0, 0.05) is 24.2 Å². The fourth-order valence-electron chi connectivity index (χ4n) is 2.93. The van der Waals surface area contributed by atoms with Crippen LogP contribution in [0.25, 0.3) is 10.9 Å². The molecule has 0 saturated carbocycles. The number of aliphatic hydroxyl groups excluding tert-OH is 1. The molecule has 2 aromatic rings. The molecule has 0 amide bonds. The van der Waals surface area contributed by atoms with Gasteiger partial charge in [-0.25, -0.2) is 0 Å². The summed E-state index contributed by atoms with van der Waals surface area (Å²) >= 11 is 0. The average Bonchev–Trinajstić information content (AvgIpc) is 2.45. The number of rotatable bonds is 2. The van der Waals surface area contributed by atoms with E-state index in [2.05, 4.69) is 29.8 Å². The quantitative estimate of drug-likeness (QED) is 0.911. The van der Waals surface area contributed by atoms with E-state index < -0.39 is 0 Å². The van der Waals surface area contributed by atoms with E-state index in [4.69, 9.17) is 4.74 Å². The molecular formula is C16H20N2O2. The number of pyridine rings is 1. The second kappa shape index (κ2) is 5.38. The molecule has 2 heterocycles. The minimum Gasteiger partial charge on any atom is -0.390 e. The normalized spacial score (nSPS) is 23.2. The van der Waals surface area contributed by atoms with Gasteiger partial charge < -0.3 is 14.7 Å². The second-order valence-electron chi connectivity index (χ2n) is 5.47. The van der Waals surface area contributed by atoms with E-state index in [0.29, 0.717) is 5.69 Å². The van der Waals surface area contributed by atoms with Gasteiger partial charge in [0.25, 0.3) is 0 Å². The summed E-state index contributed by atoms with van der Waals surface area (Å²) in [6.45, 7) is 5.89. The number of hydrogen-bond donors (Lipinski definition) is 1. The highest BCUT2D eigenvalue weighted by Gasteiger charge is 2.24. The highest BCUT2D eigenvalue weighted by molar-refractivity contribution is 5.92. The van der Waals surface area contributed by atoms with Crippen LogP contribution >= 0.6 is 0 Å². The van der Waals surface area contributed by atoms with Crippen molar-refractivity contribution in [2.75, 3.05) is 18.0 Å². The maximum Gasteiger partial charge on any atom is 0.0854 e. The Balaban J connectivity index is 2.09. The SMILES string of the molecule is C[C@@H]1CN(c2cc(CO)nc3ccccc23)C[C@H](C)O1. The van der Waals surface area contributed by atoms with Gasteiger partial charge in [-0.2, -0.15) is 0 Å². The highest BCUT2D eigenvalue weighted by Crippen LogP contribution is 2.29. The van der Waals surface area contributed by atoms with E-state index in [1.807, 2.05) is 24.3 Å². The maximum atomic E-state index is 9.42. The van der Waals surface area contributed by atoms with Gasteiger partial charge in [-0.15, -0.1) is 0 Å². The van der Waals surface area contributed by atoms with Gasteiger partial charge in [0.15, 0.2) is 0 Å². The minimum absolute atomic E-state index is 0.0344. The number of aromatic nitrogens is 1. The van der Waals surface area contributed by atoms with Gasteiger partial charge in [-0.1, -0.05) is 18.2 Å². The number of ether oxygens (including phenoxy) is 1. The first-order valence-electron chi connectivity index (χ1n) is 7.07. The summed E-state index contributed by atoms with van der Waals surface area (Å²) in [6, 6.07) is 10.1. The highest BCUT2D eigenvalue weighted by atomic mass is 16.5. The smallest absolute Gasteiger partial charge is 0.0854 e. The summed E-state index contributed by atoms with van der Waals surface area (Å²) in [5.74, 6) is 0. The van der Waals surface area contributed by atoms with E-state index >= 15 is 0 Å². The monoisotopic (exact) mass is 272 g/mol. The van der Waals surface area contributed by atoms with Crippen molar-refractivity contribution >= 4 is 16.6 Å². The zero-order valence-corrected chi connectivity index (χ0v) is 11.9. The molecule has 0 bridgehead atoms. The lowest BCUT2D eigenvalue weighted by molar-refractivity contribution is -0.00514. The molecule has 2 atom stereocenters. The third-order valence-electron chi connectivity index (χ3n) is 3.67. The van der Waals surface area contributed by atoms with E-state index in [9.17, 15) is 5.11 Å². The fourth-order valence-corrected chi connectivity index (χ4v) is 2.93. The van der Waals surface area contributed by atoms with Crippen molar-refractivity contribution in [3.05, 3.63) is 36.0 Å². The molecule has 1 aliphatic rings. The zero-order chi connectivity index (χ0) is 14.1. The van der Waals surface area contributed by atoms with Crippen LogP contribution in [-0.4, -0.2) is 35.4 Å². The second-order valence-corrected chi connectivity index (χ2v) is 5.47. The number of anilines is 1. The summed E-state index contributed by atoms with van der Waals surface area (Å²) in [5, 5.41) is 10.5. The molecule has 0 spiro atoms. The lowest BCUT2D eigenvalue weighted by Gasteiger charge is -2.37. The van der Waals surface area contributed by atoms with Crippen LogP contribution in [0.1, 0.15) is 19.5 Å². The Morgan fingerprint density at radius 1 is 1.25 bits per heavy atom. The molecule has 3 rings (SSSR count).